The van der Waals surface area contributed by atoms with E-state index in [2.05, 4.69) is 19.1 Å². The van der Waals surface area contributed by atoms with Crippen molar-refractivity contribution in [1.29, 1.82) is 10.5 Å². The van der Waals surface area contributed by atoms with E-state index in [1.165, 1.54) is 0 Å². The summed E-state index contributed by atoms with van der Waals surface area (Å²) in [5.74, 6) is 1.98. The quantitative estimate of drug-likeness (QED) is 0.543. The van der Waals surface area contributed by atoms with Crippen LogP contribution in [0.1, 0.15) is 19.8 Å². The van der Waals surface area contributed by atoms with E-state index in [4.69, 9.17) is 10.5 Å². The fraction of sp³-hybridized carbons (Fsp3) is 0.800. The zero-order valence-corrected chi connectivity index (χ0v) is 7.20. The van der Waals surface area contributed by atoms with Gasteiger partial charge >= 0.3 is 0 Å². The highest BCUT2D eigenvalue weighted by molar-refractivity contribution is 5.10. The van der Waals surface area contributed by atoms with Crippen LogP contribution in [-0.4, -0.2) is 0 Å². The second-order valence-electron chi connectivity index (χ2n) is 4.14. The molecule has 0 aromatic heterocycles. The van der Waals surface area contributed by atoms with Gasteiger partial charge in [-0.05, 0) is 30.6 Å². The van der Waals surface area contributed by atoms with Crippen LogP contribution in [0.2, 0.25) is 0 Å². The molecule has 0 saturated heterocycles. The lowest BCUT2D eigenvalue weighted by Gasteiger charge is -2.25. The lowest BCUT2D eigenvalue weighted by molar-refractivity contribution is 0.250. The number of rotatable bonds is 0. The van der Waals surface area contributed by atoms with Gasteiger partial charge in [0.1, 0.15) is 0 Å². The maximum absolute atomic E-state index is 8.88. The first-order valence-corrected chi connectivity index (χ1v) is 4.57. The minimum Gasteiger partial charge on any atom is -0.198 e. The Bertz CT molecular complexity index is 269. The molecule has 0 spiro atoms. The molecule has 0 N–H and O–H groups in total. The van der Waals surface area contributed by atoms with Gasteiger partial charge in [-0.15, -0.1) is 0 Å². The van der Waals surface area contributed by atoms with Gasteiger partial charge in [0.2, 0.25) is 0 Å². The lowest BCUT2D eigenvalue weighted by atomic mass is 9.76. The van der Waals surface area contributed by atoms with Crippen LogP contribution in [0.5, 0.6) is 0 Å². The van der Waals surface area contributed by atoms with Crippen LogP contribution in [-0.2, 0) is 0 Å². The smallest absolute Gasteiger partial charge is 0.0661 e. The van der Waals surface area contributed by atoms with Crippen molar-refractivity contribution < 1.29 is 0 Å². The van der Waals surface area contributed by atoms with E-state index in [1.54, 1.807) is 0 Å². The Kier molecular flexibility index (Phi) is 1.58. The second-order valence-corrected chi connectivity index (χ2v) is 4.14. The zero-order chi connectivity index (χ0) is 8.72. The molecule has 2 heteroatoms. The van der Waals surface area contributed by atoms with Crippen molar-refractivity contribution in [3.63, 3.8) is 0 Å². The molecule has 0 amide bonds. The third kappa shape index (κ3) is 0.786. The Morgan fingerprint density at radius 3 is 2.42 bits per heavy atom. The lowest BCUT2D eigenvalue weighted by Crippen LogP contribution is -2.24. The summed E-state index contributed by atoms with van der Waals surface area (Å²) < 4.78 is 0. The topological polar surface area (TPSA) is 47.6 Å². The highest BCUT2D eigenvalue weighted by Crippen LogP contribution is 2.54. The fourth-order valence-electron chi connectivity index (χ4n) is 3.05. The molecule has 2 rings (SSSR count). The summed E-state index contributed by atoms with van der Waals surface area (Å²) in [7, 11) is 0. The van der Waals surface area contributed by atoms with Crippen molar-refractivity contribution in [2.75, 3.05) is 0 Å². The molecule has 2 fully saturated rings. The Morgan fingerprint density at radius 2 is 1.92 bits per heavy atom. The van der Waals surface area contributed by atoms with Crippen molar-refractivity contribution >= 4 is 0 Å². The van der Waals surface area contributed by atoms with Crippen molar-refractivity contribution in [3.05, 3.63) is 0 Å². The highest BCUT2D eigenvalue weighted by atomic mass is 14.5. The molecule has 2 aliphatic carbocycles. The number of hydrogen-bond donors (Lipinski definition) is 0. The van der Waals surface area contributed by atoms with Crippen LogP contribution in [0.25, 0.3) is 0 Å². The van der Waals surface area contributed by atoms with Gasteiger partial charge in [0.05, 0.1) is 18.1 Å². The van der Waals surface area contributed by atoms with Gasteiger partial charge in [-0.1, -0.05) is 6.92 Å². The number of hydrogen-bond acceptors (Lipinski definition) is 2. The fourth-order valence-corrected chi connectivity index (χ4v) is 3.05. The van der Waals surface area contributed by atoms with Crippen LogP contribution in [0.15, 0.2) is 0 Å². The maximum atomic E-state index is 8.88. The minimum absolute atomic E-state index is 0.236. The molecular formula is C10H12N2. The van der Waals surface area contributed by atoms with Gasteiger partial charge in [-0.25, -0.2) is 0 Å². The van der Waals surface area contributed by atoms with Gasteiger partial charge in [0.25, 0.3) is 0 Å². The van der Waals surface area contributed by atoms with Gasteiger partial charge in [-0.3, -0.25) is 0 Å². The summed E-state index contributed by atoms with van der Waals surface area (Å²) in [5, 5.41) is 17.7. The number of nitrogens with zero attached hydrogens (tertiary/aromatic N) is 2. The molecule has 0 radical (unpaired) electrons. The van der Waals surface area contributed by atoms with E-state index in [1.807, 2.05) is 0 Å². The largest absolute Gasteiger partial charge is 0.198 e. The second kappa shape index (κ2) is 2.49. The summed E-state index contributed by atoms with van der Waals surface area (Å²) in [6.07, 6.45) is 2.10. The zero-order valence-electron chi connectivity index (χ0n) is 7.20. The van der Waals surface area contributed by atoms with E-state index >= 15 is 0 Å². The summed E-state index contributed by atoms with van der Waals surface area (Å²) in [5.41, 5.74) is 0. The first-order chi connectivity index (χ1) is 5.77. The minimum atomic E-state index is 0.236. The van der Waals surface area contributed by atoms with Crippen molar-refractivity contribution in [3.8, 4) is 12.1 Å². The van der Waals surface area contributed by atoms with Crippen LogP contribution in [0, 0.1) is 52.3 Å². The Balaban J connectivity index is 2.20. The average molecular weight is 160 g/mol. The predicted octanol–water partition coefficient (Wildman–Crippen LogP) is 1.94. The third-order valence-corrected chi connectivity index (χ3v) is 3.71. The molecule has 0 aromatic rings. The van der Waals surface area contributed by atoms with E-state index in [9.17, 15) is 0 Å². The summed E-state index contributed by atoms with van der Waals surface area (Å²) >= 11 is 0. The molecule has 12 heavy (non-hydrogen) atoms. The normalized spacial score (nSPS) is 50.1. The Hall–Kier alpha value is -1.02. The summed E-state index contributed by atoms with van der Waals surface area (Å²) in [4.78, 5) is 0. The standard InChI is InChI=1S/C10H12N2/c1-6-9-3-7(10(6)5-12)2-8(9)4-11/h6-10H,2-3H2,1H3. The molecule has 0 aromatic carbocycles. The van der Waals surface area contributed by atoms with Gasteiger partial charge in [0.15, 0.2) is 0 Å². The highest BCUT2D eigenvalue weighted by Gasteiger charge is 2.50. The molecule has 0 aliphatic heterocycles. The van der Waals surface area contributed by atoms with Gasteiger partial charge in [0, 0.05) is 5.92 Å². The molecule has 2 aliphatic rings. The first kappa shape index (κ1) is 7.62. The third-order valence-electron chi connectivity index (χ3n) is 3.71. The predicted molar refractivity (Wildman–Crippen MR) is 43.6 cm³/mol. The van der Waals surface area contributed by atoms with Crippen molar-refractivity contribution in [2.45, 2.75) is 19.8 Å². The summed E-state index contributed by atoms with van der Waals surface area (Å²) in [6, 6.07) is 4.74. The molecule has 62 valence electrons. The van der Waals surface area contributed by atoms with E-state index in [0.717, 1.165) is 12.8 Å². The maximum Gasteiger partial charge on any atom is 0.0661 e. The van der Waals surface area contributed by atoms with Crippen LogP contribution < -0.4 is 0 Å². The van der Waals surface area contributed by atoms with Crippen LogP contribution in [0.4, 0.5) is 0 Å². The molecule has 2 bridgehead atoms. The first-order valence-electron chi connectivity index (χ1n) is 4.57. The number of fused-ring (bicyclic) bond motifs is 2. The van der Waals surface area contributed by atoms with Crippen LogP contribution >= 0.6 is 0 Å². The monoisotopic (exact) mass is 160 g/mol. The van der Waals surface area contributed by atoms with Crippen molar-refractivity contribution in [1.82, 2.24) is 0 Å². The molecule has 5 atom stereocenters. The summed E-state index contributed by atoms with van der Waals surface area (Å²) in [6.45, 7) is 2.13. The van der Waals surface area contributed by atoms with Crippen LogP contribution in [0.3, 0.4) is 0 Å². The van der Waals surface area contributed by atoms with E-state index < -0.39 is 0 Å². The van der Waals surface area contributed by atoms with Gasteiger partial charge in [-0.2, -0.15) is 10.5 Å². The average Bonchev–Trinajstić information content (AvgIpc) is 2.60. The van der Waals surface area contributed by atoms with Crippen molar-refractivity contribution in [2.24, 2.45) is 29.6 Å². The SMILES string of the molecule is CC1C(C#N)C2CC(C#N)C1C2. The molecule has 2 nitrogen and oxygen atoms in total. The molecular weight excluding hydrogens is 148 g/mol. The molecule has 2 saturated carbocycles. The molecule has 0 heterocycles. The Labute approximate surface area is 72.8 Å². The Morgan fingerprint density at radius 1 is 1.17 bits per heavy atom. The van der Waals surface area contributed by atoms with E-state index in [-0.39, 0.29) is 11.8 Å². The number of nitriles is 2. The van der Waals surface area contributed by atoms with Gasteiger partial charge < -0.3 is 0 Å². The van der Waals surface area contributed by atoms with E-state index in [0.29, 0.717) is 17.8 Å². The molecule has 5 unspecified atom stereocenters.